The van der Waals surface area contributed by atoms with Gasteiger partial charge in [0.1, 0.15) is 12.1 Å². The summed E-state index contributed by atoms with van der Waals surface area (Å²) in [6.45, 7) is 4.32. The fourth-order valence-electron chi connectivity index (χ4n) is 2.88. The largest absolute Gasteiger partial charge is 0.480 e. The highest BCUT2D eigenvalue weighted by Gasteiger charge is 2.39. The molecule has 0 bridgehead atoms. The van der Waals surface area contributed by atoms with E-state index >= 15 is 0 Å². The summed E-state index contributed by atoms with van der Waals surface area (Å²) in [5, 5.41) is 14.4. The van der Waals surface area contributed by atoms with Gasteiger partial charge in [-0.1, -0.05) is 30.3 Å². The summed E-state index contributed by atoms with van der Waals surface area (Å²) in [4.78, 5) is 60.5. The minimum atomic E-state index is -1.76. The van der Waals surface area contributed by atoms with Crippen LogP contribution >= 0.6 is 0 Å². The molecule has 0 aliphatic carbocycles. The van der Waals surface area contributed by atoms with Crippen LogP contribution in [0.25, 0.3) is 0 Å². The fraction of sp³-hybridized carbons (Fsp3) is 0.476. The molecule has 10 nitrogen and oxygen atoms in total. The molecule has 1 rings (SSSR count). The summed E-state index contributed by atoms with van der Waals surface area (Å²) < 4.78 is 9.69. The van der Waals surface area contributed by atoms with E-state index in [-0.39, 0.29) is 19.6 Å². The lowest BCUT2D eigenvalue weighted by atomic mass is 9.95. The predicted molar refractivity (Wildman–Crippen MR) is 109 cm³/mol. The Labute approximate surface area is 180 Å². The third-order valence-corrected chi connectivity index (χ3v) is 4.22. The van der Waals surface area contributed by atoms with Crippen molar-refractivity contribution < 1.29 is 38.6 Å². The molecule has 0 saturated carbocycles. The molecule has 0 radical (unpaired) electrons. The molecule has 0 aliphatic heterocycles. The Morgan fingerprint density at radius 1 is 0.968 bits per heavy atom. The van der Waals surface area contributed by atoms with Crippen LogP contribution < -0.4 is 10.6 Å². The molecule has 0 saturated heterocycles. The van der Waals surface area contributed by atoms with Gasteiger partial charge in [0.2, 0.25) is 11.8 Å². The molecule has 0 heterocycles. The molecule has 3 atom stereocenters. The van der Waals surface area contributed by atoms with E-state index in [0.29, 0.717) is 0 Å². The van der Waals surface area contributed by atoms with Crippen molar-refractivity contribution in [2.75, 3.05) is 13.2 Å². The van der Waals surface area contributed by atoms with Crippen molar-refractivity contribution in [3.05, 3.63) is 35.9 Å². The Kier molecular flexibility index (Phi) is 10.7. The number of carbonyl (C=O) groups excluding carboxylic acids is 4. The van der Waals surface area contributed by atoms with E-state index in [1.165, 1.54) is 13.8 Å². The zero-order valence-corrected chi connectivity index (χ0v) is 17.8. The number of hydrogen-bond donors (Lipinski definition) is 3. The van der Waals surface area contributed by atoms with Crippen LogP contribution in [0.3, 0.4) is 0 Å². The first-order chi connectivity index (χ1) is 14.7. The smallest absolute Gasteiger partial charge is 0.327 e. The van der Waals surface area contributed by atoms with Crippen LogP contribution in [0.15, 0.2) is 30.3 Å². The van der Waals surface area contributed by atoms with Gasteiger partial charge in [-0.15, -0.1) is 0 Å². The van der Waals surface area contributed by atoms with Crippen LogP contribution in [0.5, 0.6) is 0 Å². The topological polar surface area (TPSA) is 148 Å². The van der Waals surface area contributed by atoms with Crippen molar-refractivity contribution in [3.63, 3.8) is 0 Å². The minimum Gasteiger partial charge on any atom is -0.480 e. The highest BCUT2D eigenvalue weighted by Crippen LogP contribution is 2.15. The van der Waals surface area contributed by atoms with E-state index in [9.17, 15) is 29.1 Å². The first-order valence-electron chi connectivity index (χ1n) is 9.86. The number of rotatable bonds is 12. The molecular weight excluding hydrogens is 408 g/mol. The molecule has 1 aromatic rings. The lowest BCUT2D eigenvalue weighted by Crippen LogP contribution is -2.55. The maximum atomic E-state index is 12.8. The van der Waals surface area contributed by atoms with Crippen LogP contribution in [0.1, 0.15) is 32.8 Å². The predicted octanol–water partition coefficient (Wildman–Crippen LogP) is 0.436. The molecule has 0 spiro atoms. The van der Waals surface area contributed by atoms with Gasteiger partial charge < -0.3 is 25.2 Å². The Bertz CT molecular complexity index is 781. The van der Waals surface area contributed by atoms with Gasteiger partial charge in [-0.2, -0.15) is 0 Å². The second kappa shape index (κ2) is 13.0. The summed E-state index contributed by atoms with van der Waals surface area (Å²) in [5.74, 6) is -6.10. The fourth-order valence-corrected chi connectivity index (χ4v) is 2.88. The third-order valence-electron chi connectivity index (χ3n) is 4.22. The van der Waals surface area contributed by atoms with E-state index in [2.05, 4.69) is 10.6 Å². The molecule has 170 valence electrons. The monoisotopic (exact) mass is 436 g/mol. The van der Waals surface area contributed by atoms with Crippen molar-refractivity contribution in [1.82, 2.24) is 10.6 Å². The van der Waals surface area contributed by atoms with E-state index in [4.69, 9.17) is 9.47 Å². The zero-order valence-electron chi connectivity index (χ0n) is 17.8. The van der Waals surface area contributed by atoms with Crippen LogP contribution in [-0.2, 0) is 39.9 Å². The van der Waals surface area contributed by atoms with Crippen molar-refractivity contribution in [2.45, 2.75) is 45.7 Å². The van der Waals surface area contributed by atoms with Crippen LogP contribution in [0.4, 0.5) is 0 Å². The summed E-state index contributed by atoms with van der Waals surface area (Å²) >= 11 is 0. The van der Waals surface area contributed by atoms with Crippen LogP contribution in [0.2, 0.25) is 0 Å². The number of benzene rings is 1. The molecule has 10 heteroatoms. The lowest BCUT2D eigenvalue weighted by molar-refractivity contribution is -0.160. The Morgan fingerprint density at radius 3 is 2.10 bits per heavy atom. The molecular formula is C21H28N2O8. The van der Waals surface area contributed by atoms with Gasteiger partial charge >= 0.3 is 17.9 Å². The SMILES string of the molecule is CCOC(=O)C[C@H](C(=O)OCC)[C@H](NC(=O)[C@@H](Cc1ccccc1)NC(C)=O)C(=O)O. The van der Waals surface area contributed by atoms with Crippen molar-refractivity contribution in [1.29, 1.82) is 0 Å². The maximum absolute atomic E-state index is 12.8. The second-order valence-corrected chi connectivity index (χ2v) is 6.64. The summed E-state index contributed by atoms with van der Waals surface area (Å²) in [5.41, 5.74) is 0.733. The lowest BCUT2D eigenvalue weighted by Gasteiger charge is -2.25. The molecule has 1 aromatic carbocycles. The molecule has 0 aromatic heterocycles. The van der Waals surface area contributed by atoms with Gasteiger partial charge in [0.15, 0.2) is 0 Å². The number of carboxylic acid groups (broad SMARTS) is 1. The van der Waals surface area contributed by atoms with E-state index in [1.54, 1.807) is 37.3 Å². The van der Waals surface area contributed by atoms with Gasteiger partial charge in [-0.25, -0.2) is 4.79 Å². The van der Waals surface area contributed by atoms with E-state index in [1.807, 2.05) is 0 Å². The number of hydrogen-bond acceptors (Lipinski definition) is 7. The Hall–Kier alpha value is -3.43. The number of esters is 2. The number of carboxylic acids is 1. The number of carbonyl (C=O) groups is 5. The molecule has 0 unspecified atom stereocenters. The van der Waals surface area contributed by atoms with Crippen LogP contribution in [0, 0.1) is 5.92 Å². The second-order valence-electron chi connectivity index (χ2n) is 6.64. The van der Waals surface area contributed by atoms with Gasteiger partial charge in [0, 0.05) is 13.3 Å². The maximum Gasteiger partial charge on any atom is 0.327 e. The van der Waals surface area contributed by atoms with E-state index < -0.39 is 54.1 Å². The Balaban J connectivity index is 3.11. The normalized spacial score (nSPS) is 13.3. The van der Waals surface area contributed by atoms with Crippen molar-refractivity contribution in [2.24, 2.45) is 5.92 Å². The average molecular weight is 436 g/mol. The summed E-state index contributed by atoms with van der Waals surface area (Å²) in [6.07, 6.45) is -0.492. The van der Waals surface area contributed by atoms with Gasteiger partial charge in [-0.3, -0.25) is 19.2 Å². The van der Waals surface area contributed by atoms with Gasteiger partial charge in [-0.05, 0) is 19.4 Å². The van der Waals surface area contributed by atoms with Gasteiger partial charge in [0.25, 0.3) is 0 Å². The first kappa shape index (κ1) is 25.6. The van der Waals surface area contributed by atoms with Crippen molar-refractivity contribution in [3.8, 4) is 0 Å². The van der Waals surface area contributed by atoms with Crippen LogP contribution in [-0.4, -0.2) is 60.1 Å². The Morgan fingerprint density at radius 2 is 1.58 bits per heavy atom. The first-order valence-corrected chi connectivity index (χ1v) is 9.86. The summed E-state index contributed by atoms with van der Waals surface area (Å²) in [6, 6.07) is 5.95. The third kappa shape index (κ3) is 8.85. The molecule has 2 amide bonds. The number of amides is 2. The highest BCUT2D eigenvalue weighted by atomic mass is 16.5. The zero-order chi connectivity index (χ0) is 23.4. The quantitative estimate of drug-likeness (QED) is 0.400. The summed E-state index contributed by atoms with van der Waals surface area (Å²) in [7, 11) is 0. The molecule has 31 heavy (non-hydrogen) atoms. The van der Waals surface area contributed by atoms with Crippen molar-refractivity contribution >= 4 is 29.7 Å². The molecule has 3 N–H and O–H groups in total. The molecule has 0 fully saturated rings. The standard InChI is InChI=1S/C21H28N2O8/c1-4-30-17(25)12-15(21(29)31-5-2)18(20(27)28)23-19(26)16(22-13(3)24)11-14-9-7-6-8-10-14/h6-10,15-16,18H,4-5,11-12H2,1-3H3,(H,22,24)(H,23,26)(H,27,28)/t15-,16+,18-/m0/s1. The number of ether oxygens (including phenoxy) is 2. The average Bonchev–Trinajstić information content (AvgIpc) is 2.70. The molecule has 0 aliphatic rings. The van der Waals surface area contributed by atoms with E-state index in [0.717, 1.165) is 5.56 Å². The minimum absolute atomic E-state index is 0.0407. The highest BCUT2D eigenvalue weighted by molar-refractivity contribution is 5.93. The number of aliphatic carboxylic acids is 1. The van der Waals surface area contributed by atoms with Gasteiger partial charge in [0.05, 0.1) is 25.6 Å². The number of nitrogens with one attached hydrogen (secondary N) is 2.